The normalized spacial score (nSPS) is 15.0. The Labute approximate surface area is 125 Å². The monoisotopic (exact) mass is 292 g/mol. The minimum Gasteiger partial charge on any atom is -0.480 e. The van der Waals surface area contributed by atoms with Crippen LogP contribution in [-0.2, 0) is 9.59 Å². The van der Waals surface area contributed by atoms with E-state index >= 15 is 0 Å². The topological polar surface area (TPSA) is 78.4 Å². The third-order valence-corrected chi connectivity index (χ3v) is 3.79. The molecule has 116 valence electrons. The Kier molecular flexibility index (Phi) is 6.37. The van der Waals surface area contributed by atoms with Crippen LogP contribution in [0.1, 0.15) is 38.7 Å². The van der Waals surface area contributed by atoms with E-state index in [0.717, 1.165) is 5.56 Å². The number of benzene rings is 1. The van der Waals surface area contributed by atoms with Gasteiger partial charge in [-0.15, -0.1) is 0 Å². The number of nitrogens with one attached hydrogen (secondary N) is 2. The summed E-state index contributed by atoms with van der Waals surface area (Å²) in [6, 6.07) is 9.93. The second kappa shape index (κ2) is 7.78. The zero-order valence-electron chi connectivity index (χ0n) is 12.8. The lowest BCUT2D eigenvalue weighted by Gasteiger charge is -2.24. The first kappa shape index (κ1) is 17.2. The Balaban J connectivity index is 2.40. The number of carbonyl (C=O) groups excluding carboxylic acids is 1. The van der Waals surface area contributed by atoms with Crippen molar-refractivity contribution in [2.75, 3.05) is 13.1 Å². The van der Waals surface area contributed by atoms with Gasteiger partial charge in [0, 0.05) is 6.54 Å². The van der Waals surface area contributed by atoms with E-state index in [-0.39, 0.29) is 18.4 Å². The average Bonchev–Trinajstić information content (AvgIpc) is 2.50. The number of carboxylic acid groups (broad SMARTS) is 1. The van der Waals surface area contributed by atoms with Gasteiger partial charge in [0.05, 0.1) is 6.54 Å². The predicted octanol–water partition coefficient (Wildman–Crippen LogP) is 1.75. The molecule has 1 aromatic carbocycles. The lowest BCUT2D eigenvalue weighted by Crippen LogP contribution is -2.52. The summed E-state index contributed by atoms with van der Waals surface area (Å²) in [7, 11) is 0. The van der Waals surface area contributed by atoms with Crippen LogP contribution in [0.2, 0.25) is 0 Å². The summed E-state index contributed by atoms with van der Waals surface area (Å²) in [4.78, 5) is 22.9. The molecule has 0 heterocycles. The molecule has 0 bridgehead atoms. The predicted molar refractivity (Wildman–Crippen MR) is 82.2 cm³/mol. The Morgan fingerprint density at radius 3 is 2.43 bits per heavy atom. The molecule has 1 amide bonds. The quantitative estimate of drug-likeness (QED) is 0.682. The lowest BCUT2D eigenvalue weighted by atomic mass is 9.99. The Morgan fingerprint density at radius 2 is 1.90 bits per heavy atom. The number of aliphatic carboxylic acids is 1. The highest BCUT2D eigenvalue weighted by Gasteiger charge is 2.30. The minimum atomic E-state index is -1.07. The van der Waals surface area contributed by atoms with Crippen LogP contribution in [0.3, 0.4) is 0 Å². The minimum absolute atomic E-state index is 0.00184. The van der Waals surface area contributed by atoms with Gasteiger partial charge in [-0.25, -0.2) is 0 Å². The molecule has 0 radical (unpaired) electrons. The van der Waals surface area contributed by atoms with Crippen molar-refractivity contribution in [2.45, 2.75) is 38.6 Å². The van der Waals surface area contributed by atoms with Gasteiger partial charge < -0.3 is 10.4 Å². The van der Waals surface area contributed by atoms with Crippen LogP contribution in [0.5, 0.6) is 0 Å². The SMILES string of the molecule is CCC(C)(NCC(=O)NCC(C)c1ccccc1)C(=O)O. The Morgan fingerprint density at radius 1 is 1.29 bits per heavy atom. The Bertz CT molecular complexity index is 476. The van der Waals surface area contributed by atoms with E-state index < -0.39 is 11.5 Å². The van der Waals surface area contributed by atoms with Gasteiger partial charge in [0.15, 0.2) is 0 Å². The number of carbonyl (C=O) groups is 2. The van der Waals surface area contributed by atoms with Crippen molar-refractivity contribution in [2.24, 2.45) is 0 Å². The van der Waals surface area contributed by atoms with Gasteiger partial charge in [-0.1, -0.05) is 44.2 Å². The van der Waals surface area contributed by atoms with Crippen LogP contribution < -0.4 is 10.6 Å². The summed E-state index contributed by atoms with van der Waals surface area (Å²) in [5.74, 6) is -0.929. The van der Waals surface area contributed by atoms with Crippen molar-refractivity contribution in [3.8, 4) is 0 Å². The van der Waals surface area contributed by atoms with E-state index in [2.05, 4.69) is 10.6 Å². The van der Waals surface area contributed by atoms with Gasteiger partial charge in [0.25, 0.3) is 0 Å². The van der Waals surface area contributed by atoms with E-state index in [1.807, 2.05) is 37.3 Å². The van der Waals surface area contributed by atoms with E-state index in [1.165, 1.54) is 0 Å². The van der Waals surface area contributed by atoms with Crippen LogP contribution in [0.15, 0.2) is 30.3 Å². The Hall–Kier alpha value is -1.88. The molecule has 0 aromatic heterocycles. The molecule has 3 N–H and O–H groups in total. The van der Waals surface area contributed by atoms with E-state index in [0.29, 0.717) is 13.0 Å². The molecule has 0 saturated carbocycles. The van der Waals surface area contributed by atoms with Crippen LogP contribution in [0, 0.1) is 0 Å². The summed E-state index contributed by atoms with van der Waals surface area (Å²) in [6.07, 6.45) is 0.413. The molecule has 5 nitrogen and oxygen atoms in total. The van der Waals surface area contributed by atoms with Gasteiger partial charge in [0.1, 0.15) is 5.54 Å². The molecule has 0 spiro atoms. The van der Waals surface area contributed by atoms with E-state index in [9.17, 15) is 9.59 Å². The first-order valence-corrected chi connectivity index (χ1v) is 7.19. The summed E-state index contributed by atoms with van der Waals surface area (Å²) >= 11 is 0. The molecule has 0 aliphatic carbocycles. The summed E-state index contributed by atoms with van der Waals surface area (Å²) in [6.45, 7) is 5.92. The molecule has 0 saturated heterocycles. The van der Waals surface area contributed by atoms with Gasteiger partial charge in [-0.3, -0.25) is 14.9 Å². The maximum Gasteiger partial charge on any atom is 0.323 e. The molecule has 1 aromatic rings. The molecular formula is C16H24N2O3. The fourth-order valence-electron chi connectivity index (χ4n) is 1.86. The third-order valence-electron chi connectivity index (χ3n) is 3.79. The fourth-order valence-corrected chi connectivity index (χ4v) is 1.86. The molecule has 1 rings (SSSR count). The molecular weight excluding hydrogens is 268 g/mol. The summed E-state index contributed by atoms with van der Waals surface area (Å²) in [5.41, 5.74) is 0.0947. The number of hydrogen-bond donors (Lipinski definition) is 3. The molecule has 0 aliphatic rings. The van der Waals surface area contributed by atoms with Gasteiger partial charge in [-0.05, 0) is 24.8 Å². The number of rotatable bonds is 8. The van der Waals surface area contributed by atoms with Crippen molar-refractivity contribution in [3.63, 3.8) is 0 Å². The van der Waals surface area contributed by atoms with Crippen molar-refractivity contribution in [1.29, 1.82) is 0 Å². The molecule has 0 aliphatic heterocycles. The summed E-state index contributed by atoms with van der Waals surface area (Å²) < 4.78 is 0. The smallest absolute Gasteiger partial charge is 0.323 e. The highest BCUT2D eigenvalue weighted by atomic mass is 16.4. The van der Waals surface area contributed by atoms with Crippen molar-refractivity contribution in [3.05, 3.63) is 35.9 Å². The van der Waals surface area contributed by atoms with Gasteiger partial charge in [-0.2, -0.15) is 0 Å². The van der Waals surface area contributed by atoms with E-state index in [4.69, 9.17) is 5.11 Å². The first-order chi connectivity index (χ1) is 9.89. The average molecular weight is 292 g/mol. The first-order valence-electron chi connectivity index (χ1n) is 7.19. The number of amides is 1. The number of carboxylic acids is 1. The molecule has 2 atom stereocenters. The molecule has 0 fully saturated rings. The standard InChI is InChI=1S/C16H24N2O3/c1-4-16(3,15(20)21)18-11-14(19)17-10-12(2)13-8-6-5-7-9-13/h5-9,12,18H,4,10-11H2,1-3H3,(H,17,19)(H,20,21). The summed E-state index contributed by atoms with van der Waals surface area (Å²) in [5, 5.41) is 14.7. The number of hydrogen-bond acceptors (Lipinski definition) is 3. The van der Waals surface area contributed by atoms with Crippen LogP contribution >= 0.6 is 0 Å². The second-order valence-electron chi connectivity index (χ2n) is 5.46. The van der Waals surface area contributed by atoms with Crippen LogP contribution in [-0.4, -0.2) is 35.6 Å². The second-order valence-corrected chi connectivity index (χ2v) is 5.46. The molecule has 2 unspecified atom stereocenters. The third kappa shape index (κ3) is 5.19. The van der Waals surface area contributed by atoms with Crippen LogP contribution in [0.25, 0.3) is 0 Å². The van der Waals surface area contributed by atoms with Crippen molar-refractivity contribution in [1.82, 2.24) is 10.6 Å². The lowest BCUT2D eigenvalue weighted by molar-refractivity contribution is -0.144. The van der Waals surface area contributed by atoms with Gasteiger partial charge >= 0.3 is 5.97 Å². The zero-order valence-corrected chi connectivity index (χ0v) is 12.8. The highest BCUT2D eigenvalue weighted by Crippen LogP contribution is 2.13. The van der Waals surface area contributed by atoms with Crippen LogP contribution in [0.4, 0.5) is 0 Å². The van der Waals surface area contributed by atoms with E-state index in [1.54, 1.807) is 13.8 Å². The van der Waals surface area contributed by atoms with Crippen molar-refractivity contribution < 1.29 is 14.7 Å². The maximum atomic E-state index is 11.8. The van der Waals surface area contributed by atoms with Crippen molar-refractivity contribution >= 4 is 11.9 Å². The van der Waals surface area contributed by atoms with Gasteiger partial charge in [0.2, 0.25) is 5.91 Å². The zero-order chi connectivity index (χ0) is 15.9. The molecule has 21 heavy (non-hydrogen) atoms. The maximum absolute atomic E-state index is 11.8. The highest BCUT2D eigenvalue weighted by molar-refractivity contribution is 5.81. The fraction of sp³-hybridized carbons (Fsp3) is 0.500. The largest absolute Gasteiger partial charge is 0.480 e. The molecule has 5 heteroatoms.